The number of benzene rings is 2. The lowest BCUT2D eigenvalue weighted by Gasteiger charge is -2.21. The molecule has 0 radical (unpaired) electrons. The van der Waals surface area contributed by atoms with Gasteiger partial charge in [-0.3, -0.25) is 9.69 Å². The average Bonchev–Trinajstić information content (AvgIpc) is 2.87. The minimum Gasteiger partial charge on any atom is -0.338 e. The van der Waals surface area contributed by atoms with Gasteiger partial charge in [-0.15, -0.1) is 0 Å². The van der Waals surface area contributed by atoms with Crippen molar-refractivity contribution >= 4 is 12.0 Å². The van der Waals surface area contributed by atoms with Crippen LogP contribution in [0.1, 0.15) is 23.1 Å². The lowest BCUT2D eigenvalue weighted by molar-refractivity contribution is -0.125. The largest absolute Gasteiger partial charge is 0.338 e. The smallest absolute Gasteiger partial charge is 0.246 e. The normalized spacial score (nSPS) is 16.0. The van der Waals surface area contributed by atoms with Crippen LogP contribution in [0.4, 0.5) is 4.39 Å². The first-order chi connectivity index (χ1) is 12.6. The molecule has 0 atom stereocenters. The van der Waals surface area contributed by atoms with Gasteiger partial charge in [0.25, 0.3) is 0 Å². The Morgan fingerprint density at radius 3 is 2.65 bits per heavy atom. The molecule has 1 amide bonds. The molecule has 0 spiro atoms. The highest BCUT2D eigenvalue weighted by molar-refractivity contribution is 5.91. The fourth-order valence-electron chi connectivity index (χ4n) is 3.24. The van der Waals surface area contributed by atoms with Gasteiger partial charge in [0.1, 0.15) is 5.82 Å². The van der Waals surface area contributed by atoms with Gasteiger partial charge in [-0.05, 0) is 42.7 Å². The first kappa shape index (κ1) is 18.3. The Balaban J connectivity index is 1.54. The number of aryl methyl sites for hydroxylation is 1. The van der Waals surface area contributed by atoms with Crippen molar-refractivity contribution in [3.63, 3.8) is 0 Å². The third-order valence-electron chi connectivity index (χ3n) is 4.68. The van der Waals surface area contributed by atoms with Crippen LogP contribution in [-0.2, 0) is 11.3 Å². The van der Waals surface area contributed by atoms with Crippen molar-refractivity contribution in [1.82, 2.24) is 9.80 Å². The number of hydrogen-bond donors (Lipinski definition) is 0. The first-order valence-corrected chi connectivity index (χ1v) is 9.10. The Hall–Kier alpha value is -2.46. The number of carbonyl (C=O) groups excluding carboxylic acids is 1. The molecular weight excluding hydrogens is 327 g/mol. The van der Waals surface area contributed by atoms with E-state index < -0.39 is 0 Å². The summed E-state index contributed by atoms with van der Waals surface area (Å²) in [6.07, 6.45) is 4.51. The van der Waals surface area contributed by atoms with Gasteiger partial charge >= 0.3 is 0 Å². The Morgan fingerprint density at radius 1 is 1.08 bits per heavy atom. The summed E-state index contributed by atoms with van der Waals surface area (Å²) >= 11 is 0. The molecule has 2 aromatic carbocycles. The highest BCUT2D eigenvalue weighted by Crippen LogP contribution is 2.11. The van der Waals surface area contributed by atoms with Crippen LogP contribution in [0.3, 0.4) is 0 Å². The second kappa shape index (κ2) is 8.77. The molecule has 0 bridgehead atoms. The van der Waals surface area contributed by atoms with Gasteiger partial charge in [-0.25, -0.2) is 4.39 Å². The third kappa shape index (κ3) is 5.27. The van der Waals surface area contributed by atoms with Gasteiger partial charge in [0.2, 0.25) is 5.91 Å². The predicted molar refractivity (Wildman–Crippen MR) is 103 cm³/mol. The highest BCUT2D eigenvalue weighted by Gasteiger charge is 2.17. The van der Waals surface area contributed by atoms with Crippen LogP contribution in [0.2, 0.25) is 0 Å². The summed E-state index contributed by atoms with van der Waals surface area (Å²) in [5, 5.41) is 0. The number of hydrogen-bond acceptors (Lipinski definition) is 2. The van der Waals surface area contributed by atoms with Crippen LogP contribution < -0.4 is 0 Å². The highest BCUT2D eigenvalue weighted by atomic mass is 19.1. The summed E-state index contributed by atoms with van der Waals surface area (Å²) in [5.74, 6) is -0.142. The first-order valence-electron chi connectivity index (χ1n) is 9.10. The quantitative estimate of drug-likeness (QED) is 0.780. The molecule has 0 aromatic heterocycles. The second-order valence-corrected chi connectivity index (χ2v) is 6.83. The maximum atomic E-state index is 13.0. The van der Waals surface area contributed by atoms with Crippen LogP contribution >= 0.6 is 0 Å². The van der Waals surface area contributed by atoms with E-state index in [2.05, 4.69) is 11.0 Å². The molecule has 2 aromatic rings. The molecule has 0 aliphatic carbocycles. The Labute approximate surface area is 154 Å². The van der Waals surface area contributed by atoms with Crippen molar-refractivity contribution in [2.24, 2.45) is 0 Å². The molecular formula is C22H25FN2O. The van der Waals surface area contributed by atoms with Crippen molar-refractivity contribution < 1.29 is 9.18 Å². The van der Waals surface area contributed by atoms with E-state index in [1.807, 2.05) is 48.2 Å². The number of rotatable bonds is 4. The Kier molecular flexibility index (Phi) is 6.18. The number of nitrogens with zero attached hydrogens (tertiary/aromatic N) is 2. The van der Waals surface area contributed by atoms with Crippen LogP contribution in [0.15, 0.2) is 54.6 Å². The van der Waals surface area contributed by atoms with E-state index >= 15 is 0 Å². The fraction of sp³-hybridized carbons (Fsp3) is 0.318. The molecule has 1 fully saturated rings. The van der Waals surface area contributed by atoms with Crippen LogP contribution in [-0.4, -0.2) is 41.9 Å². The van der Waals surface area contributed by atoms with Crippen molar-refractivity contribution in [1.29, 1.82) is 0 Å². The lowest BCUT2D eigenvalue weighted by atomic mass is 10.1. The van der Waals surface area contributed by atoms with Crippen molar-refractivity contribution in [3.05, 3.63) is 77.1 Å². The zero-order valence-electron chi connectivity index (χ0n) is 15.2. The van der Waals surface area contributed by atoms with Crippen LogP contribution in [0.5, 0.6) is 0 Å². The number of carbonyl (C=O) groups is 1. The summed E-state index contributed by atoms with van der Waals surface area (Å²) in [6, 6.07) is 14.8. The van der Waals surface area contributed by atoms with E-state index in [-0.39, 0.29) is 11.7 Å². The van der Waals surface area contributed by atoms with E-state index in [0.717, 1.165) is 50.3 Å². The Morgan fingerprint density at radius 2 is 1.88 bits per heavy atom. The molecule has 136 valence electrons. The van der Waals surface area contributed by atoms with Crippen molar-refractivity contribution in [2.75, 3.05) is 26.2 Å². The van der Waals surface area contributed by atoms with E-state index in [1.165, 1.54) is 17.7 Å². The molecule has 3 rings (SSSR count). The van der Waals surface area contributed by atoms with Gasteiger partial charge in [0.15, 0.2) is 0 Å². The summed E-state index contributed by atoms with van der Waals surface area (Å²) in [5.41, 5.74) is 3.34. The molecule has 1 aliphatic rings. The van der Waals surface area contributed by atoms with Crippen molar-refractivity contribution in [3.8, 4) is 0 Å². The van der Waals surface area contributed by atoms with Crippen LogP contribution in [0, 0.1) is 12.7 Å². The molecule has 1 aliphatic heterocycles. The maximum Gasteiger partial charge on any atom is 0.246 e. The SMILES string of the molecule is Cc1cccc(/C=C/C(=O)N2CCCN(Cc3ccc(F)cc3)CC2)c1. The molecule has 1 saturated heterocycles. The van der Waals surface area contributed by atoms with Gasteiger partial charge in [-0.2, -0.15) is 0 Å². The van der Waals surface area contributed by atoms with Crippen molar-refractivity contribution in [2.45, 2.75) is 19.9 Å². The Bertz CT molecular complexity index is 770. The van der Waals surface area contributed by atoms with E-state index in [4.69, 9.17) is 0 Å². The third-order valence-corrected chi connectivity index (χ3v) is 4.68. The van der Waals surface area contributed by atoms with Gasteiger partial charge in [-0.1, -0.05) is 42.0 Å². The molecule has 3 nitrogen and oxygen atoms in total. The number of amides is 1. The second-order valence-electron chi connectivity index (χ2n) is 6.83. The van der Waals surface area contributed by atoms with Gasteiger partial charge in [0, 0.05) is 38.8 Å². The maximum absolute atomic E-state index is 13.0. The predicted octanol–water partition coefficient (Wildman–Crippen LogP) is 3.88. The van der Waals surface area contributed by atoms with Gasteiger partial charge in [0.05, 0.1) is 0 Å². The standard InChI is InChI=1S/C22H25FN2O/c1-18-4-2-5-19(16-18)8-11-22(26)25-13-3-12-24(14-15-25)17-20-6-9-21(23)10-7-20/h2,4-11,16H,3,12-15,17H2,1H3/b11-8+. The lowest BCUT2D eigenvalue weighted by Crippen LogP contribution is -2.34. The summed E-state index contributed by atoms with van der Waals surface area (Å²) in [7, 11) is 0. The molecule has 0 N–H and O–H groups in total. The monoisotopic (exact) mass is 352 g/mol. The van der Waals surface area contributed by atoms with E-state index in [9.17, 15) is 9.18 Å². The fourth-order valence-corrected chi connectivity index (χ4v) is 3.24. The number of halogens is 1. The zero-order valence-corrected chi connectivity index (χ0v) is 15.2. The molecule has 1 heterocycles. The summed E-state index contributed by atoms with van der Waals surface area (Å²) < 4.78 is 13.0. The minimum absolute atomic E-state index is 0.0649. The topological polar surface area (TPSA) is 23.6 Å². The zero-order chi connectivity index (χ0) is 18.4. The molecule has 26 heavy (non-hydrogen) atoms. The van der Waals surface area contributed by atoms with E-state index in [0.29, 0.717) is 0 Å². The molecule has 0 saturated carbocycles. The van der Waals surface area contributed by atoms with Crippen LogP contribution in [0.25, 0.3) is 6.08 Å². The summed E-state index contributed by atoms with van der Waals surface area (Å²) in [6.45, 7) is 6.12. The molecule has 0 unspecified atom stereocenters. The van der Waals surface area contributed by atoms with E-state index in [1.54, 1.807) is 6.08 Å². The minimum atomic E-state index is -0.207. The van der Waals surface area contributed by atoms with Gasteiger partial charge < -0.3 is 4.90 Å². The average molecular weight is 352 g/mol. The molecule has 4 heteroatoms. The summed E-state index contributed by atoms with van der Waals surface area (Å²) in [4.78, 5) is 16.7.